The number of hydrogen-bond donors (Lipinski definition) is 3. The Kier molecular flexibility index (Phi) is 4.05. The highest BCUT2D eigenvalue weighted by molar-refractivity contribution is 5.65. The van der Waals surface area contributed by atoms with E-state index in [2.05, 4.69) is 10.3 Å². The van der Waals surface area contributed by atoms with Gasteiger partial charge in [0.2, 0.25) is 0 Å². The number of hydrogen-bond acceptors (Lipinski definition) is 4. The Bertz CT molecular complexity index is 418. The molecular weight excluding hydrogens is 247 g/mol. The number of pyridine rings is 1. The van der Waals surface area contributed by atoms with E-state index < -0.39 is 17.3 Å². The third kappa shape index (κ3) is 3.76. The van der Waals surface area contributed by atoms with E-state index in [1.807, 2.05) is 0 Å². The normalized spacial score (nSPS) is 12.6. The minimum Gasteiger partial charge on any atom is -0.396 e. The molecule has 7 heteroatoms. The van der Waals surface area contributed by atoms with Crippen molar-refractivity contribution in [1.29, 1.82) is 0 Å². The van der Waals surface area contributed by atoms with Gasteiger partial charge < -0.3 is 16.2 Å². The maximum atomic E-state index is 12.5. The number of nitrogen functional groups attached to an aromatic ring is 1. The summed E-state index contributed by atoms with van der Waals surface area (Å²) in [6.45, 7) is 3.77. The van der Waals surface area contributed by atoms with Gasteiger partial charge in [0.05, 0.1) is 17.6 Å². The number of halogens is 3. The molecule has 0 saturated carbocycles. The van der Waals surface area contributed by atoms with Gasteiger partial charge in [-0.2, -0.15) is 13.2 Å². The molecule has 0 radical (unpaired) electrons. The van der Waals surface area contributed by atoms with Gasteiger partial charge in [0, 0.05) is 18.6 Å². The molecule has 0 fully saturated rings. The summed E-state index contributed by atoms with van der Waals surface area (Å²) in [6.07, 6.45) is -3.53. The van der Waals surface area contributed by atoms with Crippen molar-refractivity contribution in [3.63, 3.8) is 0 Å². The zero-order chi connectivity index (χ0) is 14.0. The topological polar surface area (TPSA) is 71.2 Å². The lowest BCUT2D eigenvalue weighted by Gasteiger charge is -2.23. The third-order valence-electron chi connectivity index (χ3n) is 2.41. The Morgan fingerprint density at radius 3 is 2.50 bits per heavy atom. The molecule has 4 nitrogen and oxygen atoms in total. The van der Waals surface area contributed by atoms with E-state index in [1.54, 1.807) is 13.8 Å². The SMILES string of the molecule is CC(C)(CO)CNc1cc(C(F)(F)F)ncc1N. The van der Waals surface area contributed by atoms with E-state index in [9.17, 15) is 13.2 Å². The standard InChI is InChI=1S/C11H16F3N3O/c1-10(2,6-18)5-17-8-3-9(11(12,13)14)16-4-7(8)15/h3-4,18H,5-6,15H2,1-2H3,(H,16,17). The summed E-state index contributed by atoms with van der Waals surface area (Å²) in [6, 6.07) is 0.864. The van der Waals surface area contributed by atoms with Gasteiger partial charge in [-0.15, -0.1) is 0 Å². The van der Waals surface area contributed by atoms with E-state index in [0.29, 0.717) is 6.54 Å². The van der Waals surface area contributed by atoms with Crippen LogP contribution in [0.25, 0.3) is 0 Å². The number of anilines is 2. The first-order valence-electron chi connectivity index (χ1n) is 5.33. The van der Waals surface area contributed by atoms with Crippen LogP contribution in [-0.2, 0) is 6.18 Å². The summed E-state index contributed by atoms with van der Waals surface area (Å²) in [5.41, 5.74) is 4.40. The van der Waals surface area contributed by atoms with Gasteiger partial charge >= 0.3 is 6.18 Å². The molecule has 1 aromatic rings. The van der Waals surface area contributed by atoms with E-state index >= 15 is 0 Å². The van der Waals surface area contributed by atoms with E-state index in [-0.39, 0.29) is 18.0 Å². The second-order valence-electron chi connectivity index (χ2n) is 4.83. The van der Waals surface area contributed by atoms with Crippen molar-refractivity contribution < 1.29 is 18.3 Å². The predicted molar refractivity (Wildman–Crippen MR) is 63.0 cm³/mol. The lowest BCUT2D eigenvalue weighted by Crippen LogP contribution is -2.27. The molecule has 0 aliphatic carbocycles. The number of aliphatic hydroxyl groups is 1. The first-order valence-corrected chi connectivity index (χ1v) is 5.33. The summed E-state index contributed by atoms with van der Waals surface area (Å²) < 4.78 is 37.4. The van der Waals surface area contributed by atoms with Crippen molar-refractivity contribution in [2.75, 3.05) is 24.2 Å². The lowest BCUT2D eigenvalue weighted by atomic mass is 9.95. The van der Waals surface area contributed by atoms with Crippen LogP contribution >= 0.6 is 0 Å². The molecule has 1 aromatic heterocycles. The van der Waals surface area contributed by atoms with Crippen LogP contribution in [0.2, 0.25) is 0 Å². The smallest absolute Gasteiger partial charge is 0.396 e. The molecule has 0 saturated heterocycles. The zero-order valence-electron chi connectivity index (χ0n) is 10.2. The summed E-state index contributed by atoms with van der Waals surface area (Å²) in [5, 5.41) is 11.9. The molecule has 0 bridgehead atoms. The Hall–Kier alpha value is -1.50. The molecule has 18 heavy (non-hydrogen) atoms. The van der Waals surface area contributed by atoms with Crippen LogP contribution in [0.5, 0.6) is 0 Å². The molecule has 4 N–H and O–H groups in total. The van der Waals surface area contributed by atoms with Crippen molar-refractivity contribution in [2.45, 2.75) is 20.0 Å². The molecule has 0 unspecified atom stereocenters. The fourth-order valence-corrected chi connectivity index (χ4v) is 1.16. The third-order valence-corrected chi connectivity index (χ3v) is 2.41. The first kappa shape index (κ1) is 14.6. The summed E-state index contributed by atoms with van der Waals surface area (Å²) in [4.78, 5) is 3.24. The van der Waals surface area contributed by atoms with Crippen LogP contribution < -0.4 is 11.1 Å². The first-order chi connectivity index (χ1) is 8.15. The lowest BCUT2D eigenvalue weighted by molar-refractivity contribution is -0.141. The molecule has 0 aliphatic heterocycles. The summed E-state index contributed by atoms with van der Waals surface area (Å²) in [7, 11) is 0. The Morgan fingerprint density at radius 1 is 1.39 bits per heavy atom. The Labute approximate surface area is 103 Å². The quantitative estimate of drug-likeness (QED) is 0.778. The molecule has 0 amide bonds. The highest BCUT2D eigenvalue weighted by Crippen LogP contribution is 2.31. The minimum absolute atomic E-state index is 0.0862. The Morgan fingerprint density at radius 2 is 2.00 bits per heavy atom. The fourth-order valence-electron chi connectivity index (χ4n) is 1.16. The number of nitrogens with two attached hydrogens (primary N) is 1. The van der Waals surface area contributed by atoms with E-state index in [4.69, 9.17) is 10.8 Å². The number of rotatable bonds is 4. The number of aromatic nitrogens is 1. The van der Waals surface area contributed by atoms with E-state index in [1.165, 1.54) is 0 Å². The molecule has 0 aliphatic rings. The number of aliphatic hydroxyl groups excluding tert-OH is 1. The second-order valence-corrected chi connectivity index (χ2v) is 4.83. The average Bonchev–Trinajstić information content (AvgIpc) is 2.26. The van der Waals surface area contributed by atoms with Crippen molar-refractivity contribution >= 4 is 11.4 Å². The number of alkyl halides is 3. The molecule has 1 heterocycles. The number of nitrogens with one attached hydrogen (secondary N) is 1. The fraction of sp³-hybridized carbons (Fsp3) is 0.545. The minimum atomic E-state index is -4.50. The largest absolute Gasteiger partial charge is 0.433 e. The summed E-state index contributed by atoms with van der Waals surface area (Å²) >= 11 is 0. The van der Waals surface area contributed by atoms with Gasteiger partial charge in [0.1, 0.15) is 5.69 Å². The van der Waals surface area contributed by atoms with Crippen molar-refractivity contribution in [3.05, 3.63) is 18.0 Å². The second kappa shape index (κ2) is 5.01. The van der Waals surface area contributed by atoms with Crippen LogP contribution in [-0.4, -0.2) is 23.2 Å². The van der Waals surface area contributed by atoms with Gasteiger partial charge in [-0.3, -0.25) is 0 Å². The molecule has 0 atom stereocenters. The molecular formula is C11H16F3N3O. The number of nitrogens with zero attached hydrogens (tertiary/aromatic N) is 1. The van der Waals surface area contributed by atoms with Crippen LogP contribution in [0.1, 0.15) is 19.5 Å². The maximum Gasteiger partial charge on any atom is 0.433 e. The van der Waals surface area contributed by atoms with Crippen LogP contribution in [0, 0.1) is 5.41 Å². The molecule has 1 rings (SSSR count). The van der Waals surface area contributed by atoms with Crippen molar-refractivity contribution in [3.8, 4) is 0 Å². The van der Waals surface area contributed by atoms with Gasteiger partial charge in [-0.25, -0.2) is 4.98 Å². The Balaban J connectivity index is 2.89. The van der Waals surface area contributed by atoms with Gasteiger partial charge in [0.25, 0.3) is 0 Å². The zero-order valence-corrected chi connectivity index (χ0v) is 10.2. The van der Waals surface area contributed by atoms with Crippen LogP contribution in [0.3, 0.4) is 0 Å². The monoisotopic (exact) mass is 263 g/mol. The van der Waals surface area contributed by atoms with E-state index in [0.717, 1.165) is 12.3 Å². The molecule has 102 valence electrons. The molecule has 0 aromatic carbocycles. The van der Waals surface area contributed by atoms with Crippen molar-refractivity contribution in [1.82, 2.24) is 4.98 Å². The van der Waals surface area contributed by atoms with Crippen LogP contribution in [0.4, 0.5) is 24.5 Å². The van der Waals surface area contributed by atoms with Gasteiger partial charge in [-0.1, -0.05) is 13.8 Å². The highest BCUT2D eigenvalue weighted by atomic mass is 19.4. The average molecular weight is 263 g/mol. The van der Waals surface area contributed by atoms with Crippen LogP contribution in [0.15, 0.2) is 12.3 Å². The highest BCUT2D eigenvalue weighted by Gasteiger charge is 2.33. The van der Waals surface area contributed by atoms with Crippen molar-refractivity contribution in [2.24, 2.45) is 5.41 Å². The maximum absolute atomic E-state index is 12.5. The summed E-state index contributed by atoms with van der Waals surface area (Å²) in [5.74, 6) is 0. The molecule has 0 spiro atoms. The van der Waals surface area contributed by atoms with Gasteiger partial charge in [-0.05, 0) is 6.07 Å². The van der Waals surface area contributed by atoms with Gasteiger partial charge in [0.15, 0.2) is 0 Å². The predicted octanol–water partition coefficient (Wildman–Crippen LogP) is 2.11.